The van der Waals surface area contributed by atoms with Crippen LogP contribution in [0.1, 0.15) is 77.3 Å². The molecule has 0 aromatic heterocycles. The molecule has 3 rings (SSSR count). The minimum absolute atomic E-state index is 0.304. The summed E-state index contributed by atoms with van der Waals surface area (Å²) in [5.74, 6) is 1.41. The first-order valence-corrected chi connectivity index (χ1v) is 10.9. The van der Waals surface area contributed by atoms with Gasteiger partial charge in [-0.3, -0.25) is 4.79 Å². The minimum atomic E-state index is -0.304. The van der Waals surface area contributed by atoms with Crippen molar-refractivity contribution in [3.63, 3.8) is 0 Å². The molecule has 2 aliphatic rings. The lowest BCUT2D eigenvalue weighted by Gasteiger charge is -2.55. The largest absolute Gasteiger partial charge is 0.346 e. The molecule has 2 atom stereocenters. The highest BCUT2D eigenvalue weighted by atomic mass is 32.2. The van der Waals surface area contributed by atoms with Gasteiger partial charge in [0.25, 0.3) is 0 Å². The van der Waals surface area contributed by atoms with Crippen molar-refractivity contribution in [2.75, 3.05) is 5.75 Å². The summed E-state index contributed by atoms with van der Waals surface area (Å²) in [5.41, 5.74) is 3.87. The summed E-state index contributed by atoms with van der Waals surface area (Å²) in [7, 11) is 0. The van der Waals surface area contributed by atoms with Crippen LogP contribution < -0.4 is 0 Å². The zero-order valence-corrected chi connectivity index (χ0v) is 16.7. The van der Waals surface area contributed by atoms with Gasteiger partial charge in [-0.25, -0.2) is 0 Å². The first kappa shape index (κ1) is 18.6. The predicted molar refractivity (Wildman–Crippen MR) is 108 cm³/mol. The Balaban J connectivity index is 1.97. The van der Waals surface area contributed by atoms with E-state index >= 15 is 0 Å². The van der Waals surface area contributed by atoms with Gasteiger partial charge in [0.05, 0.1) is 6.04 Å². The monoisotopic (exact) mass is 357 g/mol. The quantitative estimate of drug-likeness (QED) is 0.532. The Hall–Kier alpha value is -1.22. The van der Waals surface area contributed by atoms with Crippen molar-refractivity contribution in [2.45, 2.75) is 76.6 Å². The van der Waals surface area contributed by atoms with E-state index in [1.807, 2.05) is 11.8 Å². The van der Waals surface area contributed by atoms with Gasteiger partial charge in [0, 0.05) is 17.7 Å². The van der Waals surface area contributed by atoms with E-state index in [4.69, 9.17) is 0 Å². The molecule has 1 aromatic carbocycles. The zero-order chi connectivity index (χ0) is 17.9. The van der Waals surface area contributed by atoms with Crippen LogP contribution in [0.5, 0.6) is 0 Å². The molecule has 0 saturated carbocycles. The molecule has 1 saturated heterocycles. The van der Waals surface area contributed by atoms with Gasteiger partial charge in [0.1, 0.15) is 0 Å². The van der Waals surface area contributed by atoms with Gasteiger partial charge in [-0.2, -0.15) is 0 Å². The summed E-state index contributed by atoms with van der Waals surface area (Å²) in [5, 5.41) is 0. The maximum atomic E-state index is 13.4. The Morgan fingerprint density at radius 2 is 1.76 bits per heavy atom. The van der Waals surface area contributed by atoms with Crippen molar-refractivity contribution in [3.05, 3.63) is 47.2 Å². The van der Waals surface area contributed by atoms with Crippen LogP contribution in [0, 0.1) is 0 Å². The second-order valence-corrected chi connectivity index (χ2v) is 8.72. The van der Waals surface area contributed by atoms with E-state index < -0.39 is 0 Å². The smallest absolute Gasteiger partial charge is 0.196 e. The van der Waals surface area contributed by atoms with Gasteiger partial charge in [-0.15, -0.1) is 11.8 Å². The van der Waals surface area contributed by atoms with Crippen LogP contribution in [0.3, 0.4) is 0 Å². The number of hydrogen-bond acceptors (Lipinski definition) is 3. The van der Waals surface area contributed by atoms with E-state index in [9.17, 15) is 4.79 Å². The van der Waals surface area contributed by atoms with Gasteiger partial charge < -0.3 is 4.90 Å². The number of hydrogen-bond donors (Lipinski definition) is 0. The molecule has 0 amide bonds. The summed E-state index contributed by atoms with van der Waals surface area (Å²) in [6, 6.07) is 11.1. The number of nitrogens with zero attached hydrogens (tertiary/aromatic N) is 1. The summed E-state index contributed by atoms with van der Waals surface area (Å²) >= 11 is 1.85. The van der Waals surface area contributed by atoms with Gasteiger partial charge >= 0.3 is 0 Å². The lowest BCUT2D eigenvalue weighted by molar-refractivity contribution is -0.126. The number of carbonyl (C=O) groups excluding carboxylic acids is 1. The average Bonchev–Trinajstić information content (AvgIpc) is 2.78. The van der Waals surface area contributed by atoms with Crippen LogP contribution in [-0.2, 0) is 4.79 Å². The number of Topliss-reactive ketones (excluding diaryl/α,β-unsaturated/α-hetero) is 1. The van der Waals surface area contributed by atoms with Crippen molar-refractivity contribution in [1.82, 2.24) is 4.90 Å². The molecule has 1 fully saturated rings. The number of rotatable bonds is 9. The fourth-order valence-electron chi connectivity index (χ4n) is 4.31. The van der Waals surface area contributed by atoms with Crippen LogP contribution >= 0.6 is 11.8 Å². The average molecular weight is 358 g/mol. The SMILES string of the molecule is CCCCC1=C(CCCC)N2C(c3ccccc3)CC2(SCC)C1=O. The predicted octanol–water partition coefficient (Wildman–Crippen LogP) is 6.10. The summed E-state index contributed by atoms with van der Waals surface area (Å²) in [6.45, 7) is 6.63. The number of allylic oxidation sites excluding steroid dienone is 1. The Bertz CT molecular complexity index is 639. The summed E-state index contributed by atoms with van der Waals surface area (Å²) in [4.78, 5) is 15.6. The topological polar surface area (TPSA) is 20.3 Å². The molecule has 0 radical (unpaired) electrons. The van der Waals surface area contributed by atoms with Crippen LogP contribution in [0.15, 0.2) is 41.6 Å². The van der Waals surface area contributed by atoms with E-state index in [-0.39, 0.29) is 4.87 Å². The first-order valence-electron chi connectivity index (χ1n) is 9.94. The van der Waals surface area contributed by atoms with E-state index in [1.54, 1.807) is 0 Å². The number of unbranched alkanes of at least 4 members (excludes halogenated alkanes) is 2. The molecule has 0 bridgehead atoms. The van der Waals surface area contributed by atoms with Gasteiger partial charge in [-0.1, -0.05) is 63.9 Å². The van der Waals surface area contributed by atoms with Crippen molar-refractivity contribution < 1.29 is 4.79 Å². The Kier molecular flexibility index (Phi) is 5.93. The number of ketones is 1. The Morgan fingerprint density at radius 1 is 1.08 bits per heavy atom. The number of carbonyl (C=O) groups is 1. The molecule has 1 aromatic rings. The third kappa shape index (κ3) is 3.16. The molecular formula is C22H31NOS. The summed E-state index contributed by atoms with van der Waals surface area (Å²) in [6.07, 6.45) is 7.58. The molecule has 0 N–H and O–H groups in total. The lowest BCUT2D eigenvalue weighted by Crippen LogP contribution is -2.59. The molecule has 2 heterocycles. The van der Waals surface area contributed by atoms with Crippen molar-refractivity contribution in [3.8, 4) is 0 Å². The molecular weight excluding hydrogens is 326 g/mol. The van der Waals surface area contributed by atoms with E-state index in [0.29, 0.717) is 11.8 Å². The van der Waals surface area contributed by atoms with E-state index in [2.05, 4.69) is 56.0 Å². The summed E-state index contributed by atoms with van der Waals surface area (Å²) < 4.78 is 0. The zero-order valence-electron chi connectivity index (χ0n) is 15.9. The highest BCUT2D eigenvalue weighted by Gasteiger charge is 2.62. The van der Waals surface area contributed by atoms with Crippen LogP contribution in [-0.4, -0.2) is 21.3 Å². The second kappa shape index (κ2) is 7.99. The standard InChI is InChI=1S/C22H31NOS/c1-4-7-14-18-19(15-8-5-2)23-20(17-12-10-9-11-13-17)16-22(23,21(18)24)25-6-3/h9-13,20H,4-8,14-16H2,1-3H3. The van der Waals surface area contributed by atoms with Crippen LogP contribution in [0.4, 0.5) is 0 Å². The lowest BCUT2D eigenvalue weighted by atomic mass is 9.85. The second-order valence-electron chi connectivity index (χ2n) is 7.18. The van der Waals surface area contributed by atoms with Crippen LogP contribution in [0.2, 0.25) is 0 Å². The molecule has 3 heteroatoms. The third-order valence-corrected chi connectivity index (χ3v) is 6.87. The maximum absolute atomic E-state index is 13.4. The highest BCUT2D eigenvalue weighted by molar-refractivity contribution is 8.01. The van der Waals surface area contributed by atoms with Crippen molar-refractivity contribution in [2.24, 2.45) is 0 Å². The van der Waals surface area contributed by atoms with E-state index in [0.717, 1.165) is 43.4 Å². The fourth-order valence-corrected chi connectivity index (χ4v) is 5.70. The van der Waals surface area contributed by atoms with E-state index in [1.165, 1.54) is 24.1 Å². The number of benzene rings is 1. The molecule has 25 heavy (non-hydrogen) atoms. The maximum Gasteiger partial charge on any atom is 0.196 e. The van der Waals surface area contributed by atoms with Crippen molar-refractivity contribution in [1.29, 1.82) is 0 Å². The molecule has 136 valence electrons. The molecule has 2 aliphatic heterocycles. The first-order chi connectivity index (χ1) is 12.2. The molecule has 0 aliphatic carbocycles. The molecule has 2 nitrogen and oxygen atoms in total. The Morgan fingerprint density at radius 3 is 2.40 bits per heavy atom. The highest BCUT2D eigenvalue weighted by Crippen LogP contribution is 2.61. The normalized spacial score (nSPS) is 25.3. The minimum Gasteiger partial charge on any atom is -0.346 e. The van der Waals surface area contributed by atoms with Crippen molar-refractivity contribution >= 4 is 17.5 Å². The van der Waals surface area contributed by atoms with Gasteiger partial charge in [0.15, 0.2) is 10.7 Å². The van der Waals surface area contributed by atoms with Crippen LogP contribution in [0.25, 0.3) is 0 Å². The Labute approximate surface area is 157 Å². The fraction of sp³-hybridized carbons (Fsp3) is 0.591. The molecule has 0 spiro atoms. The molecule has 2 unspecified atom stereocenters. The van der Waals surface area contributed by atoms with Gasteiger partial charge in [-0.05, 0) is 37.0 Å². The third-order valence-electron chi connectivity index (χ3n) is 5.55. The number of fused-ring (bicyclic) bond motifs is 1. The number of thioether (sulfide) groups is 1. The van der Waals surface area contributed by atoms with Gasteiger partial charge in [0.2, 0.25) is 0 Å².